The number of carbonyl (C=O) groups excluding carboxylic acids is 1. The largest absolute Gasteiger partial charge is 0.397 e. The first-order valence-corrected chi connectivity index (χ1v) is 11.2. The molecular weight excluding hydrogens is 390 g/mol. The van der Waals surface area contributed by atoms with E-state index in [2.05, 4.69) is 42.4 Å². The van der Waals surface area contributed by atoms with E-state index in [9.17, 15) is 4.79 Å². The molecule has 0 saturated carbocycles. The lowest BCUT2D eigenvalue weighted by molar-refractivity contribution is 0.103. The van der Waals surface area contributed by atoms with Gasteiger partial charge in [-0.15, -0.1) is 21.5 Å². The number of nitrogen functional groups attached to an aromatic ring is 1. The fourth-order valence-corrected chi connectivity index (χ4v) is 5.39. The van der Waals surface area contributed by atoms with Gasteiger partial charge in [-0.05, 0) is 49.1 Å². The number of fused-ring (bicyclic) bond motifs is 2. The summed E-state index contributed by atoms with van der Waals surface area (Å²) in [6.07, 6.45) is 4.35. The van der Waals surface area contributed by atoms with Crippen LogP contribution in [0.3, 0.4) is 0 Å². The molecule has 3 N–H and O–H groups in total. The maximum absolute atomic E-state index is 12.7. The zero-order chi connectivity index (χ0) is 20.1. The van der Waals surface area contributed by atoms with E-state index in [4.69, 9.17) is 10.7 Å². The van der Waals surface area contributed by atoms with Crippen LogP contribution in [0.15, 0.2) is 6.07 Å². The molecule has 0 radical (unpaired) electrons. The van der Waals surface area contributed by atoms with Gasteiger partial charge in [0, 0.05) is 11.1 Å². The van der Waals surface area contributed by atoms with Crippen LogP contribution in [0.4, 0.5) is 10.8 Å². The van der Waals surface area contributed by atoms with Crippen molar-refractivity contribution in [1.29, 1.82) is 0 Å². The molecule has 8 heteroatoms. The molecule has 1 aliphatic carbocycles. The van der Waals surface area contributed by atoms with Crippen LogP contribution in [0.5, 0.6) is 0 Å². The Bertz CT molecular complexity index is 1050. The van der Waals surface area contributed by atoms with Crippen molar-refractivity contribution >= 4 is 49.6 Å². The summed E-state index contributed by atoms with van der Waals surface area (Å²) in [7, 11) is 0. The molecule has 148 valence electrons. The Kier molecular flexibility index (Phi) is 4.87. The van der Waals surface area contributed by atoms with Crippen molar-refractivity contribution in [1.82, 2.24) is 15.2 Å². The molecule has 0 bridgehead atoms. The monoisotopic (exact) mass is 415 g/mol. The Balaban J connectivity index is 1.66. The third-order valence-corrected chi connectivity index (χ3v) is 7.92. The number of hydrogen-bond acceptors (Lipinski definition) is 7. The van der Waals surface area contributed by atoms with Gasteiger partial charge < -0.3 is 5.73 Å². The van der Waals surface area contributed by atoms with Crippen LogP contribution in [0.2, 0.25) is 0 Å². The van der Waals surface area contributed by atoms with Crippen molar-refractivity contribution < 1.29 is 4.79 Å². The normalized spacial score (nSPS) is 16.9. The number of pyridine rings is 1. The minimum atomic E-state index is -0.250. The molecular formula is C20H25N5OS2. The Morgan fingerprint density at radius 1 is 1.36 bits per heavy atom. The topological polar surface area (TPSA) is 93.8 Å². The first-order chi connectivity index (χ1) is 13.3. The molecule has 0 saturated heterocycles. The number of thiophene rings is 1. The second kappa shape index (κ2) is 7.08. The summed E-state index contributed by atoms with van der Waals surface area (Å²) < 4.78 is 0. The number of nitrogens with two attached hydrogens (primary N) is 1. The van der Waals surface area contributed by atoms with E-state index in [1.54, 1.807) is 0 Å². The van der Waals surface area contributed by atoms with Crippen molar-refractivity contribution in [3.63, 3.8) is 0 Å². The van der Waals surface area contributed by atoms with Gasteiger partial charge in [-0.25, -0.2) is 4.98 Å². The zero-order valence-electron chi connectivity index (χ0n) is 16.6. The van der Waals surface area contributed by atoms with Gasteiger partial charge in [0.05, 0.1) is 5.69 Å². The smallest absolute Gasteiger partial charge is 0.269 e. The van der Waals surface area contributed by atoms with E-state index in [0.717, 1.165) is 40.2 Å². The van der Waals surface area contributed by atoms with Gasteiger partial charge in [0.25, 0.3) is 5.91 Å². The molecule has 0 unspecified atom stereocenters. The van der Waals surface area contributed by atoms with Crippen molar-refractivity contribution in [2.45, 2.75) is 53.4 Å². The molecule has 6 nitrogen and oxygen atoms in total. The van der Waals surface area contributed by atoms with Gasteiger partial charge in [-0.1, -0.05) is 38.5 Å². The average Bonchev–Trinajstić information content (AvgIpc) is 3.22. The average molecular weight is 416 g/mol. The van der Waals surface area contributed by atoms with Crippen LogP contribution >= 0.6 is 22.7 Å². The Morgan fingerprint density at radius 2 is 2.14 bits per heavy atom. The highest BCUT2D eigenvalue weighted by Gasteiger charge is 2.32. The van der Waals surface area contributed by atoms with Crippen LogP contribution in [-0.4, -0.2) is 21.1 Å². The lowest BCUT2D eigenvalue weighted by Gasteiger charge is -2.36. The molecule has 0 fully saturated rings. The Labute approximate surface area is 172 Å². The van der Waals surface area contributed by atoms with E-state index in [-0.39, 0.29) is 5.91 Å². The van der Waals surface area contributed by atoms with Crippen LogP contribution < -0.4 is 11.1 Å². The summed E-state index contributed by atoms with van der Waals surface area (Å²) in [6.45, 7) is 8.82. The van der Waals surface area contributed by atoms with Crippen LogP contribution in [-0.2, 0) is 12.8 Å². The minimum absolute atomic E-state index is 0.250. The van der Waals surface area contributed by atoms with Gasteiger partial charge in [0.2, 0.25) is 5.13 Å². The first kappa shape index (κ1) is 19.3. The molecule has 0 aliphatic heterocycles. The lowest BCUT2D eigenvalue weighted by Crippen LogP contribution is -2.29. The SMILES string of the molecule is CCC(C)(C)[C@H]1CCc2nc3sc(C(=O)Nc4nnc(C)s4)c(N)c3cc2C1. The standard InChI is InChI=1S/C20H25N5OS2/c1-5-20(3,4)12-6-7-14-11(8-12)9-13-15(21)16(28-18(13)22-14)17(26)23-19-25-24-10(2)27-19/h9,12H,5-8,21H2,1-4H3,(H,23,25,26)/t12-/m0/s1. The minimum Gasteiger partial charge on any atom is -0.397 e. The first-order valence-electron chi connectivity index (χ1n) is 9.60. The fraction of sp³-hybridized carbons (Fsp3) is 0.500. The van der Waals surface area contributed by atoms with Gasteiger partial charge in [-0.2, -0.15) is 0 Å². The molecule has 0 aromatic carbocycles. The molecule has 28 heavy (non-hydrogen) atoms. The van der Waals surface area contributed by atoms with Crippen LogP contribution in [0.1, 0.15) is 59.5 Å². The van der Waals surface area contributed by atoms with E-state index in [0.29, 0.717) is 27.0 Å². The predicted octanol–water partition coefficient (Wildman–Crippen LogP) is 4.83. The molecule has 1 amide bonds. The highest BCUT2D eigenvalue weighted by molar-refractivity contribution is 7.21. The number of anilines is 2. The Hall–Kier alpha value is -2.06. The summed E-state index contributed by atoms with van der Waals surface area (Å²) in [5.74, 6) is 0.395. The number of rotatable bonds is 4. The molecule has 0 spiro atoms. The van der Waals surface area contributed by atoms with Crippen molar-refractivity contribution in [2.75, 3.05) is 11.1 Å². The number of nitrogens with zero attached hydrogens (tertiary/aromatic N) is 3. The lowest BCUT2D eigenvalue weighted by atomic mass is 9.69. The van der Waals surface area contributed by atoms with Crippen molar-refractivity contribution in [3.8, 4) is 0 Å². The number of carbonyl (C=O) groups is 1. The third kappa shape index (κ3) is 3.39. The fourth-order valence-electron chi connectivity index (χ4n) is 3.82. The van der Waals surface area contributed by atoms with Gasteiger partial charge in [0.1, 0.15) is 14.7 Å². The van der Waals surface area contributed by atoms with Crippen LogP contribution in [0.25, 0.3) is 10.2 Å². The molecule has 1 aliphatic rings. The quantitative estimate of drug-likeness (QED) is 0.636. The number of aromatic nitrogens is 3. The summed E-state index contributed by atoms with van der Waals surface area (Å²) in [4.78, 5) is 18.9. The second-order valence-electron chi connectivity index (χ2n) is 8.15. The highest BCUT2D eigenvalue weighted by atomic mass is 32.1. The van der Waals surface area contributed by atoms with E-state index in [1.807, 2.05) is 6.92 Å². The summed E-state index contributed by atoms with van der Waals surface area (Å²) >= 11 is 2.69. The number of nitrogens with one attached hydrogen (secondary N) is 1. The number of amides is 1. The Morgan fingerprint density at radius 3 is 2.82 bits per heavy atom. The van der Waals surface area contributed by atoms with Crippen molar-refractivity contribution in [2.24, 2.45) is 11.3 Å². The summed E-state index contributed by atoms with van der Waals surface area (Å²) in [5.41, 5.74) is 9.61. The molecule has 1 atom stereocenters. The molecule has 3 heterocycles. The van der Waals surface area contributed by atoms with Gasteiger partial charge >= 0.3 is 0 Å². The number of hydrogen-bond donors (Lipinski definition) is 2. The van der Waals surface area contributed by atoms with Crippen LogP contribution in [0, 0.1) is 18.3 Å². The molecule has 3 aromatic rings. The number of aryl methyl sites for hydroxylation is 2. The highest BCUT2D eigenvalue weighted by Crippen LogP contribution is 2.42. The predicted molar refractivity (Wildman–Crippen MR) is 116 cm³/mol. The van der Waals surface area contributed by atoms with E-state index in [1.165, 1.54) is 34.7 Å². The maximum atomic E-state index is 12.7. The van der Waals surface area contributed by atoms with E-state index < -0.39 is 0 Å². The third-order valence-electron chi connectivity index (χ3n) is 6.05. The summed E-state index contributed by atoms with van der Waals surface area (Å²) in [6, 6.07) is 2.16. The zero-order valence-corrected chi connectivity index (χ0v) is 18.3. The summed E-state index contributed by atoms with van der Waals surface area (Å²) in [5, 5.41) is 12.8. The van der Waals surface area contributed by atoms with E-state index >= 15 is 0 Å². The molecule has 4 rings (SSSR count). The maximum Gasteiger partial charge on any atom is 0.269 e. The second-order valence-corrected chi connectivity index (χ2v) is 10.3. The van der Waals surface area contributed by atoms with Gasteiger partial charge in [0.15, 0.2) is 0 Å². The van der Waals surface area contributed by atoms with Gasteiger partial charge in [-0.3, -0.25) is 10.1 Å². The van der Waals surface area contributed by atoms with Crippen molar-refractivity contribution in [3.05, 3.63) is 27.2 Å². The molecule has 3 aromatic heterocycles.